The molecule has 0 aliphatic heterocycles. The van der Waals surface area contributed by atoms with E-state index in [0.29, 0.717) is 16.9 Å². The van der Waals surface area contributed by atoms with Gasteiger partial charge >= 0.3 is 0 Å². The van der Waals surface area contributed by atoms with E-state index in [9.17, 15) is 9.18 Å². The predicted molar refractivity (Wildman–Crippen MR) is 72.0 cm³/mol. The Kier molecular flexibility index (Phi) is 4.10. The van der Waals surface area contributed by atoms with Gasteiger partial charge in [0.15, 0.2) is 5.71 Å². The van der Waals surface area contributed by atoms with Crippen LogP contribution in [0.2, 0.25) is 0 Å². The predicted octanol–water partition coefficient (Wildman–Crippen LogP) is 2.90. The number of ether oxygens (including phenoxy) is 1. The second-order valence-electron chi connectivity index (χ2n) is 4.01. The third-order valence-electron chi connectivity index (χ3n) is 2.78. The summed E-state index contributed by atoms with van der Waals surface area (Å²) < 4.78 is 17.9. The molecule has 0 fully saturated rings. The lowest BCUT2D eigenvalue weighted by Crippen LogP contribution is -2.16. The summed E-state index contributed by atoms with van der Waals surface area (Å²) in [4.78, 5) is 12.2. The number of carbonyl (C=O) groups is 1. The van der Waals surface area contributed by atoms with Crippen LogP contribution in [0.5, 0.6) is 5.75 Å². The maximum absolute atomic E-state index is 12.9. The van der Waals surface area contributed by atoms with Crippen molar-refractivity contribution >= 4 is 11.5 Å². The zero-order valence-electron chi connectivity index (χ0n) is 10.7. The minimum Gasteiger partial charge on any atom is -0.497 e. The van der Waals surface area contributed by atoms with E-state index in [1.54, 1.807) is 24.3 Å². The van der Waals surface area contributed by atoms with Gasteiger partial charge < -0.3 is 9.94 Å². The third-order valence-corrected chi connectivity index (χ3v) is 2.78. The first kappa shape index (κ1) is 13.7. The molecule has 2 rings (SSSR count). The van der Waals surface area contributed by atoms with Crippen molar-refractivity contribution in [3.05, 3.63) is 65.5 Å². The Hall–Kier alpha value is -2.69. The van der Waals surface area contributed by atoms with E-state index in [1.165, 1.54) is 31.4 Å². The van der Waals surface area contributed by atoms with Gasteiger partial charge in [0, 0.05) is 11.1 Å². The lowest BCUT2D eigenvalue weighted by atomic mass is 10.0. The van der Waals surface area contributed by atoms with Crippen molar-refractivity contribution in [3.63, 3.8) is 0 Å². The van der Waals surface area contributed by atoms with Crippen LogP contribution in [0.4, 0.5) is 4.39 Å². The third kappa shape index (κ3) is 2.83. The number of hydrogen-bond acceptors (Lipinski definition) is 4. The molecule has 0 saturated carbocycles. The molecule has 2 aromatic carbocycles. The average molecular weight is 273 g/mol. The summed E-state index contributed by atoms with van der Waals surface area (Å²) in [5, 5.41) is 12.1. The summed E-state index contributed by atoms with van der Waals surface area (Å²) in [7, 11) is 1.52. The van der Waals surface area contributed by atoms with Gasteiger partial charge in [0.2, 0.25) is 5.78 Å². The topological polar surface area (TPSA) is 58.9 Å². The van der Waals surface area contributed by atoms with Gasteiger partial charge in [-0.2, -0.15) is 0 Å². The molecule has 20 heavy (non-hydrogen) atoms. The maximum atomic E-state index is 12.9. The highest BCUT2D eigenvalue weighted by Gasteiger charge is 2.17. The number of halogens is 1. The Morgan fingerprint density at radius 3 is 2.10 bits per heavy atom. The van der Waals surface area contributed by atoms with E-state index in [1.807, 2.05) is 0 Å². The Balaban J connectivity index is 2.31. The van der Waals surface area contributed by atoms with Crippen molar-refractivity contribution in [2.45, 2.75) is 0 Å². The van der Waals surface area contributed by atoms with Crippen molar-refractivity contribution < 1.29 is 19.1 Å². The van der Waals surface area contributed by atoms with Crippen LogP contribution in [0.15, 0.2) is 53.7 Å². The first-order valence-electron chi connectivity index (χ1n) is 5.82. The fraction of sp³-hybridized carbons (Fsp3) is 0.0667. The van der Waals surface area contributed by atoms with Gasteiger partial charge in [-0.15, -0.1) is 0 Å². The number of oxime groups is 1. The number of rotatable bonds is 4. The molecule has 0 saturated heterocycles. The zero-order chi connectivity index (χ0) is 14.5. The summed E-state index contributed by atoms with van der Waals surface area (Å²) in [5.74, 6) is -0.268. The van der Waals surface area contributed by atoms with Crippen molar-refractivity contribution in [1.29, 1.82) is 0 Å². The molecule has 0 atom stereocenters. The lowest BCUT2D eigenvalue weighted by molar-refractivity contribution is 0.106. The Morgan fingerprint density at radius 2 is 1.60 bits per heavy atom. The SMILES string of the molecule is COc1ccc(C(=O)C(=NO)c2ccc(F)cc2)cc1. The molecule has 0 unspecified atom stereocenters. The number of Topliss-reactive ketones (excluding diaryl/α,β-unsaturated/α-hetero) is 1. The molecule has 5 heteroatoms. The van der Waals surface area contributed by atoms with Crippen LogP contribution in [-0.4, -0.2) is 23.8 Å². The van der Waals surface area contributed by atoms with Crippen LogP contribution < -0.4 is 4.74 Å². The second-order valence-corrected chi connectivity index (χ2v) is 4.01. The smallest absolute Gasteiger partial charge is 0.215 e. The van der Waals surface area contributed by atoms with Crippen molar-refractivity contribution in [3.8, 4) is 5.75 Å². The molecule has 0 aromatic heterocycles. The molecular formula is C15H12FNO3. The van der Waals surface area contributed by atoms with E-state index in [0.717, 1.165) is 0 Å². The first-order chi connectivity index (χ1) is 9.65. The average Bonchev–Trinajstić information content (AvgIpc) is 2.50. The second kappa shape index (κ2) is 5.97. The van der Waals surface area contributed by atoms with Gasteiger partial charge in [-0.25, -0.2) is 4.39 Å². The van der Waals surface area contributed by atoms with Crippen molar-refractivity contribution in [1.82, 2.24) is 0 Å². The molecular weight excluding hydrogens is 261 g/mol. The Bertz CT molecular complexity index is 633. The largest absolute Gasteiger partial charge is 0.497 e. The van der Waals surface area contributed by atoms with Crippen molar-refractivity contribution in [2.24, 2.45) is 5.16 Å². The van der Waals surface area contributed by atoms with Gasteiger partial charge in [0.05, 0.1) is 7.11 Å². The number of carbonyl (C=O) groups excluding carboxylic acids is 1. The monoisotopic (exact) mass is 273 g/mol. The van der Waals surface area contributed by atoms with E-state index in [-0.39, 0.29) is 5.71 Å². The molecule has 4 nitrogen and oxygen atoms in total. The molecule has 0 radical (unpaired) electrons. The van der Waals surface area contributed by atoms with Gasteiger partial charge in [-0.1, -0.05) is 5.16 Å². The molecule has 1 N–H and O–H groups in total. The van der Waals surface area contributed by atoms with E-state index >= 15 is 0 Å². The van der Waals surface area contributed by atoms with Gasteiger partial charge in [-0.3, -0.25) is 4.79 Å². The van der Waals surface area contributed by atoms with Gasteiger partial charge in [-0.05, 0) is 48.5 Å². The highest BCUT2D eigenvalue weighted by Crippen LogP contribution is 2.14. The Morgan fingerprint density at radius 1 is 1.05 bits per heavy atom. The van der Waals surface area contributed by atoms with E-state index in [2.05, 4.69) is 5.16 Å². The summed E-state index contributed by atoms with van der Waals surface area (Å²) in [5.41, 5.74) is 0.549. The molecule has 0 aliphatic rings. The van der Waals surface area contributed by atoms with Gasteiger partial charge in [0.1, 0.15) is 11.6 Å². The maximum Gasteiger partial charge on any atom is 0.215 e. The van der Waals surface area contributed by atoms with Crippen LogP contribution >= 0.6 is 0 Å². The Labute approximate surface area is 115 Å². The summed E-state index contributed by atoms with van der Waals surface area (Å²) >= 11 is 0. The molecule has 2 aromatic rings. The normalized spacial score (nSPS) is 11.2. The van der Waals surface area contributed by atoms with Crippen LogP contribution in [0, 0.1) is 5.82 Å². The van der Waals surface area contributed by atoms with E-state index < -0.39 is 11.6 Å². The number of benzene rings is 2. The van der Waals surface area contributed by atoms with Gasteiger partial charge in [0.25, 0.3) is 0 Å². The summed E-state index contributed by atoms with van der Waals surface area (Å²) in [6.07, 6.45) is 0. The minimum atomic E-state index is -0.457. The van der Waals surface area contributed by atoms with Crippen LogP contribution in [0.1, 0.15) is 15.9 Å². The number of hydrogen-bond donors (Lipinski definition) is 1. The summed E-state index contributed by atoms with van der Waals surface area (Å²) in [6, 6.07) is 11.5. The first-order valence-corrected chi connectivity index (χ1v) is 5.82. The lowest BCUT2D eigenvalue weighted by Gasteiger charge is -2.05. The zero-order valence-corrected chi connectivity index (χ0v) is 10.7. The van der Waals surface area contributed by atoms with Crippen LogP contribution in [0.25, 0.3) is 0 Å². The molecule has 0 spiro atoms. The molecule has 0 bridgehead atoms. The highest BCUT2D eigenvalue weighted by atomic mass is 19.1. The van der Waals surface area contributed by atoms with Crippen molar-refractivity contribution in [2.75, 3.05) is 7.11 Å². The fourth-order valence-electron chi connectivity index (χ4n) is 1.72. The van der Waals surface area contributed by atoms with Crippen LogP contribution in [0.3, 0.4) is 0 Å². The quantitative estimate of drug-likeness (QED) is 0.403. The standard InChI is InChI=1S/C15H12FNO3/c1-20-13-8-4-11(5-9-13)15(18)14(17-19)10-2-6-12(16)7-3-10/h2-9,19H,1H3. The number of methoxy groups -OCH3 is 1. The number of nitrogens with zero attached hydrogens (tertiary/aromatic N) is 1. The highest BCUT2D eigenvalue weighted by molar-refractivity contribution is 6.51. The molecule has 0 aliphatic carbocycles. The molecule has 102 valence electrons. The molecule has 0 heterocycles. The van der Waals surface area contributed by atoms with Crippen LogP contribution in [-0.2, 0) is 0 Å². The number of ketones is 1. The van der Waals surface area contributed by atoms with E-state index in [4.69, 9.17) is 9.94 Å². The minimum absolute atomic E-state index is 0.143. The fourth-order valence-corrected chi connectivity index (χ4v) is 1.72. The summed E-state index contributed by atoms with van der Waals surface area (Å²) in [6.45, 7) is 0. The molecule has 0 amide bonds.